The summed E-state index contributed by atoms with van der Waals surface area (Å²) in [5, 5.41) is 9.87. The monoisotopic (exact) mass is 257 g/mol. The molecule has 5 nitrogen and oxygen atoms in total. The fourth-order valence-electron chi connectivity index (χ4n) is 2.27. The number of rotatable bonds is 3. The van der Waals surface area contributed by atoms with Crippen LogP contribution in [0.3, 0.4) is 0 Å². The molecule has 0 bridgehead atoms. The SMILES string of the molecule is O=C(NCc1ccon1)C1Cc2ccccc2CN1. The summed E-state index contributed by atoms with van der Waals surface area (Å²) in [4.78, 5) is 12.1. The molecule has 5 heteroatoms. The first kappa shape index (κ1) is 11.9. The van der Waals surface area contributed by atoms with E-state index in [2.05, 4.69) is 27.9 Å². The van der Waals surface area contributed by atoms with Crippen molar-refractivity contribution in [3.05, 3.63) is 53.4 Å². The Bertz CT molecular complexity index is 566. The molecule has 0 saturated heterocycles. The zero-order valence-corrected chi connectivity index (χ0v) is 10.4. The van der Waals surface area contributed by atoms with E-state index in [-0.39, 0.29) is 11.9 Å². The van der Waals surface area contributed by atoms with E-state index in [9.17, 15) is 4.79 Å². The third-order valence-corrected chi connectivity index (χ3v) is 3.33. The number of carbonyl (C=O) groups excluding carboxylic acids is 1. The minimum absolute atomic E-state index is 0.00231. The highest BCUT2D eigenvalue weighted by Crippen LogP contribution is 2.16. The topological polar surface area (TPSA) is 67.2 Å². The Morgan fingerprint density at radius 3 is 3.00 bits per heavy atom. The van der Waals surface area contributed by atoms with Gasteiger partial charge in [-0.3, -0.25) is 4.79 Å². The molecule has 3 rings (SSSR count). The van der Waals surface area contributed by atoms with Crippen molar-refractivity contribution < 1.29 is 9.32 Å². The van der Waals surface area contributed by atoms with Gasteiger partial charge in [0.15, 0.2) is 0 Å². The van der Waals surface area contributed by atoms with Crippen molar-refractivity contribution in [2.75, 3.05) is 0 Å². The van der Waals surface area contributed by atoms with Crippen LogP contribution in [0.4, 0.5) is 0 Å². The lowest BCUT2D eigenvalue weighted by Crippen LogP contribution is -2.47. The Morgan fingerprint density at radius 2 is 2.21 bits per heavy atom. The van der Waals surface area contributed by atoms with Gasteiger partial charge < -0.3 is 15.2 Å². The molecule has 2 N–H and O–H groups in total. The summed E-state index contributed by atoms with van der Waals surface area (Å²) in [5.74, 6) is -0.00231. The molecule has 19 heavy (non-hydrogen) atoms. The largest absolute Gasteiger partial charge is 0.364 e. The van der Waals surface area contributed by atoms with Gasteiger partial charge in [-0.05, 0) is 17.5 Å². The molecule has 1 amide bonds. The molecule has 1 aromatic heterocycles. The summed E-state index contributed by atoms with van der Waals surface area (Å²) in [6, 6.07) is 9.76. The number of hydrogen-bond acceptors (Lipinski definition) is 4. The Balaban J connectivity index is 1.60. The summed E-state index contributed by atoms with van der Waals surface area (Å²) in [5.41, 5.74) is 3.23. The van der Waals surface area contributed by atoms with E-state index in [4.69, 9.17) is 4.52 Å². The second-order valence-electron chi connectivity index (χ2n) is 4.61. The lowest BCUT2D eigenvalue weighted by atomic mass is 9.95. The molecular formula is C14H15N3O2. The van der Waals surface area contributed by atoms with E-state index >= 15 is 0 Å². The Labute approximate surface area is 111 Å². The first-order chi connectivity index (χ1) is 9.33. The number of nitrogens with zero attached hydrogens (tertiary/aromatic N) is 1. The third-order valence-electron chi connectivity index (χ3n) is 3.33. The van der Waals surface area contributed by atoms with Crippen molar-refractivity contribution in [1.82, 2.24) is 15.8 Å². The van der Waals surface area contributed by atoms with E-state index < -0.39 is 0 Å². The average Bonchev–Trinajstić information content (AvgIpc) is 2.97. The first-order valence-electron chi connectivity index (χ1n) is 6.30. The number of carbonyl (C=O) groups is 1. The average molecular weight is 257 g/mol. The molecule has 1 aliphatic heterocycles. The van der Waals surface area contributed by atoms with Gasteiger partial charge in [0.1, 0.15) is 12.0 Å². The molecule has 0 fully saturated rings. The van der Waals surface area contributed by atoms with Crippen molar-refractivity contribution in [3.63, 3.8) is 0 Å². The van der Waals surface area contributed by atoms with E-state index in [1.165, 1.54) is 17.4 Å². The first-order valence-corrected chi connectivity index (χ1v) is 6.30. The molecular weight excluding hydrogens is 242 g/mol. The van der Waals surface area contributed by atoms with Crippen LogP contribution in [0.5, 0.6) is 0 Å². The molecule has 0 aliphatic carbocycles. The van der Waals surface area contributed by atoms with Gasteiger partial charge in [0.05, 0.1) is 12.6 Å². The zero-order valence-electron chi connectivity index (χ0n) is 10.4. The maximum absolute atomic E-state index is 12.1. The zero-order chi connectivity index (χ0) is 13.1. The Morgan fingerprint density at radius 1 is 1.37 bits per heavy atom. The van der Waals surface area contributed by atoms with Crippen LogP contribution in [0.2, 0.25) is 0 Å². The van der Waals surface area contributed by atoms with Gasteiger partial charge in [-0.25, -0.2) is 0 Å². The van der Waals surface area contributed by atoms with Gasteiger partial charge in [-0.2, -0.15) is 0 Å². The predicted molar refractivity (Wildman–Crippen MR) is 69.1 cm³/mol. The normalized spacial score (nSPS) is 17.8. The highest BCUT2D eigenvalue weighted by Gasteiger charge is 2.23. The number of benzene rings is 1. The lowest BCUT2D eigenvalue weighted by Gasteiger charge is -2.25. The minimum atomic E-state index is -0.179. The number of fused-ring (bicyclic) bond motifs is 1. The van der Waals surface area contributed by atoms with Crippen molar-refractivity contribution in [1.29, 1.82) is 0 Å². The van der Waals surface area contributed by atoms with Crippen molar-refractivity contribution in [2.24, 2.45) is 0 Å². The van der Waals surface area contributed by atoms with Crippen LogP contribution in [-0.4, -0.2) is 17.1 Å². The highest BCUT2D eigenvalue weighted by atomic mass is 16.5. The van der Waals surface area contributed by atoms with Crippen LogP contribution in [0.15, 0.2) is 41.1 Å². The van der Waals surface area contributed by atoms with E-state index in [1.54, 1.807) is 6.07 Å². The summed E-state index contributed by atoms with van der Waals surface area (Å²) < 4.78 is 4.72. The van der Waals surface area contributed by atoms with Crippen LogP contribution < -0.4 is 10.6 Å². The quantitative estimate of drug-likeness (QED) is 0.861. The summed E-state index contributed by atoms with van der Waals surface area (Å²) >= 11 is 0. The van der Waals surface area contributed by atoms with Gasteiger partial charge in [0, 0.05) is 12.6 Å². The molecule has 2 aromatic rings. The lowest BCUT2D eigenvalue weighted by molar-refractivity contribution is -0.123. The molecule has 1 unspecified atom stereocenters. The smallest absolute Gasteiger partial charge is 0.237 e. The van der Waals surface area contributed by atoms with Crippen molar-refractivity contribution >= 4 is 5.91 Å². The molecule has 2 heterocycles. The van der Waals surface area contributed by atoms with Crippen molar-refractivity contribution in [2.45, 2.75) is 25.6 Å². The number of hydrogen-bond donors (Lipinski definition) is 2. The maximum atomic E-state index is 12.1. The fourth-order valence-corrected chi connectivity index (χ4v) is 2.27. The Hall–Kier alpha value is -2.14. The van der Waals surface area contributed by atoms with E-state index in [0.29, 0.717) is 6.54 Å². The second-order valence-corrected chi connectivity index (χ2v) is 4.61. The Kier molecular flexibility index (Phi) is 3.29. The molecule has 1 aromatic carbocycles. The van der Waals surface area contributed by atoms with Gasteiger partial charge in [-0.15, -0.1) is 0 Å². The van der Waals surface area contributed by atoms with Crippen molar-refractivity contribution in [3.8, 4) is 0 Å². The molecule has 0 spiro atoms. The predicted octanol–water partition coefficient (Wildman–Crippen LogP) is 1.01. The van der Waals surface area contributed by atoms with Gasteiger partial charge in [0.2, 0.25) is 5.91 Å². The van der Waals surface area contributed by atoms with Gasteiger partial charge >= 0.3 is 0 Å². The number of amides is 1. The fraction of sp³-hybridized carbons (Fsp3) is 0.286. The van der Waals surface area contributed by atoms with Crippen LogP contribution in [0.25, 0.3) is 0 Å². The standard InChI is InChI=1S/C14H15N3O2/c18-14(16-9-12-5-6-19-17-12)13-7-10-3-1-2-4-11(10)8-15-13/h1-6,13,15H,7-9H2,(H,16,18). The molecule has 1 aliphatic rings. The summed E-state index contributed by atoms with van der Waals surface area (Å²) in [6.45, 7) is 1.13. The summed E-state index contributed by atoms with van der Waals surface area (Å²) in [6.07, 6.45) is 2.22. The molecule has 1 atom stereocenters. The van der Waals surface area contributed by atoms with Crippen LogP contribution >= 0.6 is 0 Å². The van der Waals surface area contributed by atoms with E-state index in [0.717, 1.165) is 18.7 Å². The van der Waals surface area contributed by atoms with Gasteiger partial charge in [0.25, 0.3) is 0 Å². The summed E-state index contributed by atoms with van der Waals surface area (Å²) in [7, 11) is 0. The molecule has 0 saturated carbocycles. The highest BCUT2D eigenvalue weighted by molar-refractivity contribution is 5.82. The van der Waals surface area contributed by atoms with E-state index in [1.807, 2.05) is 12.1 Å². The second kappa shape index (κ2) is 5.24. The molecule has 0 radical (unpaired) electrons. The van der Waals surface area contributed by atoms with Crippen LogP contribution in [0.1, 0.15) is 16.8 Å². The number of aromatic nitrogens is 1. The van der Waals surface area contributed by atoms with Crippen LogP contribution in [-0.2, 0) is 24.3 Å². The third kappa shape index (κ3) is 2.66. The van der Waals surface area contributed by atoms with Gasteiger partial charge in [-0.1, -0.05) is 29.4 Å². The molecule has 98 valence electrons. The minimum Gasteiger partial charge on any atom is -0.364 e. The number of nitrogens with one attached hydrogen (secondary N) is 2. The maximum Gasteiger partial charge on any atom is 0.237 e. The van der Waals surface area contributed by atoms with Crippen LogP contribution in [0, 0.1) is 0 Å².